The van der Waals surface area contributed by atoms with Crippen LogP contribution in [-0.4, -0.2) is 41.5 Å². The molecule has 3 aromatic rings. The van der Waals surface area contributed by atoms with Crippen LogP contribution in [-0.2, 0) is 9.53 Å². The van der Waals surface area contributed by atoms with Gasteiger partial charge in [0.05, 0.1) is 24.6 Å². The molecule has 164 valence electrons. The van der Waals surface area contributed by atoms with Gasteiger partial charge in [-0.05, 0) is 37.1 Å². The van der Waals surface area contributed by atoms with E-state index in [1.807, 2.05) is 54.6 Å². The summed E-state index contributed by atoms with van der Waals surface area (Å²) >= 11 is 0. The van der Waals surface area contributed by atoms with Gasteiger partial charge in [-0.25, -0.2) is 9.80 Å². The van der Waals surface area contributed by atoms with E-state index in [4.69, 9.17) is 14.0 Å². The van der Waals surface area contributed by atoms with E-state index >= 15 is 0 Å². The number of ether oxygens (including phenoxy) is 2. The lowest BCUT2D eigenvalue weighted by Gasteiger charge is -2.22. The van der Waals surface area contributed by atoms with E-state index < -0.39 is 18.5 Å². The molecule has 32 heavy (non-hydrogen) atoms. The predicted octanol–water partition coefficient (Wildman–Crippen LogP) is 3.83. The minimum atomic E-state index is -0.651. The van der Waals surface area contributed by atoms with Gasteiger partial charge in [0.25, 0.3) is 5.91 Å². The van der Waals surface area contributed by atoms with Gasteiger partial charge in [-0.1, -0.05) is 47.6 Å². The van der Waals surface area contributed by atoms with Crippen LogP contribution in [0.4, 0.5) is 0 Å². The van der Waals surface area contributed by atoms with Crippen molar-refractivity contribution in [1.29, 1.82) is 0 Å². The molecule has 1 atom stereocenters. The van der Waals surface area contributed by atoms with Crippen molar-refractivity contribution >= 4 is 17.6 Å². The molecule has 1 amide bonds. The Labute approximate surface area is 185 Å². The smallest absolute Gasteiger partial charge is 0.344 e. The lowest BCUT2D eigenvalue weighted by molar-refractivity contribution is -0.136. The van der Waals surface area contributed by atoms with Gasteiger partial charge in [0.2, 0.25) is 0 Å². The third-order valence-electron chi connectivity index (χ3n) is 5.34. The molecule has 0 fully saturated rings. The molecular formula is C24H23N3O5. The van der Waals surface area contributed by atoms with Crippen molar-refractivity contribution in [2.45, 2.75) is 26.3 Å². The molecule has 1 aliphatic rings. The molecule has 2 aromatic carbocycles. The number of methoxy groups -OCH3 is 1. The van der Waals surface area contributed by atoms with Gasteiger partial charge in [0, 0.05) is 6.42 Å². The Morgan fingerprint density at radius 2 is 1.81 bits per heavy atom. The highest BCUT2D eigenvalue weighted by Crippen LogP contribution is 2.33. The lowest BCUT2D eigenvalue weighted by Crippen LogP contribution is -2.31. The molecule has 8 nitrogen and oxygen atoms in total. The van der Waals surface area contributed by atoms with Crippen molar-refractivity contribution in [2.75, 3.05) is 13.7 Å². The van der Waals surface area contributed by atoms with Crippen LogP contribution in [0.25, 0.3) is 0 Å². The van der Waals surface area contributed by atoms with Crippen LogP contribution in [0.1, 0.15) is 45.4 Å². The highest BCUT2D eigenvalue weighted by molar-refractivity contribution is 6.03. The van der Waals surface area contributed by atoms with Crippen LogP contribution in [0.5, 0.6) is 5.75 Å². The molecule has 1 aromatic heterocycles. The maximum Gasteiger partial charge on any atom is 0.344 e. The molecule has 0 radical (unpaired) electrons. The molecule has 0 spiro atoms. The van der Waals surface area contributed by atoms with E-state index in [2.05, 4.69) is 10.3 Å². The fourth-order valence-corrected chi connectivity index (χ4v) is 3.67. The van der Waals surface area contributed by atoms with Gasteiger partial charge in [-0.3, -0.25) is 4.79 Å². The summed E-state index contributed by atoms with van der Waals surface area (Å²) < 4.78 is 15.5. The monoisotopic (exact) mass is 433 g/mol. The number of esters is 1. The van der Waals surface area contributed by atoms with E-state index in [1.54, 1.807) is 21.0 Å². The lowest BCUT2D eigenvalue weighted by atomic mass is 9.98. The number of aromatic nitrogens is 1. The van der Waals surface area contributed by atoms with Crippen LogP contribution in [0.15, 0.2) is 64.2 Å². The largest absolute Gasteiger partial charge is 0.497 e. The maximum absolute atomic E-state index is 13.1. The molecule has 4 rings (SSSR count). The van der Waals surface area contributed by atoms with Crippen molar-refractivity contribution in [2.24, 2.45) is 5.10 Å². The van der Waals surface area contributed by atoms with Crippen molar-refractivity contribution in [1.82, 2.24) is 10.2 Å². The van der Waals surface area contributed by atoms with Crippen LogP contribution in [0, 0.1) is 13.8 Å². The zero-order valence-electron chi connectivity index (χ0n) is 18.1. The number of hydrogen-bond donors (Lipinski definition) is 0. The van der Waals surface area contributed by atoms with Gasteiger partial charge >= 0.3 is 5.97 Å². The van der Waals surface area contributed by atoms with Crippen LogP contribution >= 0.6 is 0 Å². The molecule has 0 aliphatic carbocycles. The van der Waals surface area contributed by atoms with E-state index in [0.29, 0.717) is 17.9 Å². The van der Waals surface area contributed by atoms with Gasteiger partial charge < -0.3 is 14.0 Å². The molecular weight excluding hydrogens is 410 g/mol. The summed E-state index contributed by atoms with van der Waals surface area (Å²) in [7, 11) is 1.60. The zero-order valence-corrected chi connectivity index (χ0v) is 18.1. The number of carbonyl (C=O) groups excluding carboxylic acids is 2. The molecule has 8 heteroatoms. The average molecular weight is 433 g/mol. The number of nitrogens with zero attached hydrogens (tertiary/aromatic N) is 3. The van der Waals surface area contributed by atoms with Gasteiger partial charge in [-0.2, -0.15) is 5.10 Å². The number of aryl methyl sites for hydroxylation is 2. The topological polar surface area (TPSA) is 94.2 Å². The number of benzene rings is 2. The predicted molar refractivity (Wildman–Crippen MR) is 116 cm³/mol. The molecule has 0 N–H and O–H groups in total. The van der Waals surface area contributed by atoms with Crippen molar-refractivity contribution in [3.8, 4) is 5.75 Å². The van der Waals surface area contributed by atoms with Gasteiger partial charge in [0.1, 0.15) is 17.1 Å². The van der Waals surface area contributed by atoms with Crippen molar-refractivity contribution in [3.63, 3.8) is 0 Å². The minimum absolute atomic E-state index is 0.236. The highest BCUT2D eigenvalue weighted by atomic mass is 16.5. The fourth-order valence-electron chi connectivity index (χ4n) is 3.67. The third kappa shape index (κ3) is 4.25. The van der Waals surface area contributed by atoms with Crippen LogP contribution in [0.2, 0.25) is 0 Å². The Morgan fingerprint density at radius 1 is 1.09 bits per heavy atom. The number of amides is 1. The van der Waals surface area contributed by atoms with Gasteiger partial charge in [-0.15, -0.1) is 0 Å². The molecule has 0 saturated heterocycles. The highest BCUT2D eigenvalue weighted by Gasteiger charge is 2.34. The SMILES string of the molecule is COc1ccc([C@@H]2CC(c3ccccc3)=NN2C(=O)COC(=O)c2c(C)noc2C)cc1. The first kappa shape index (κ1) is 21.3. The van der Waals surface area contributed by atoms with E-state index in [9.17, 15) is 9.59 Å². The van der Waals surface area contributed by atoms with E-state index in [-0.39, 0.29) is 11.6 Å². The van der Waals surface area contributed by atoms with Crippen molar-refractivity contribution < 1.29 is 23.6 Å². The fraction of sp³-hybridized carbons (Fsp3) is 0.250. The van der Waals surface area contributed by atoms with Gasteiger partial charge in [0.15, 0.2) is 6.61 Å². The number of hydrogen-bond acceptors (Lipinski definition) is 7. The third-order valence-corrected chi connectivity index (χ3v) is 5.34. The van der Waals surface area contributed by atoms with Crippen LogP contribution < -0.4 is 4.74 Å². The zero-order chi connectivity index (χ0) is 22.7. The molecule has 0 saturated carbocycles. The molecule has 0 unspecified atom stereocenters. The Balaban J connectivity index is 1.55. The summed E-state index contributed by atoms with van der Waals surface area (Å²) in [5.74, 6) is 0.00254. The van der Waals surface area contributed by atoms with E-state index in [1.165, 1.54) is 5.01 Å². The normalized spacial score (nSPS) is 15.4. The molecule has 2 heterocycles. The maximum atomic E-state index is 13.1. The quantitative estimate of drug-likeness (QED) is 0.549. The minimum Gasteiger partial charge on any atom is -0.497 e. The van der Waals surface area contributed by atoms with E-state index in [0.717, 1.165) is 22.6 Å². The second kappa shape index (κ2) is 9.05. The summed E-state index contributed by atoms with van der Waals surface area (Å²) in [6.45, 7) is 2.82. The Morgan fingerprint density at radius 3 is 2.44 bits per heavy atom. The first-order chi connectivity index (χ1) is 15.5. The Hall–Kier alpha value is -3.94. The van der Waals surface area contributed by atoms with Crippen molar-refractivity contribution in [3.05, 3.63) is 82.7 Å². The molecule has 1 aliphatic heterocycles. The number of hydrazone groups is 1. The van der Waals surface area contributed by atoms with Crippen LogP contribution in [0.3, 0.4) is 0 Å². The summed E-state index contributed by atoms with van der Waals surface area (Å²) in [4.78, 5) is 25.5. The Bertz CT molecular complexity index is 1130. The summed E-state index contributed by atoms with van der Waals surface area (Å²) in [6.07, 6.45) is 0.542. The standard InChI is InChI=1S/C24H23N3O5/c1-15-23(16(2)32-26-15)24(29)31-14-22(28)27-21(18-9-11-19(30-3)12-10-18)13-20(25-27)17-7-5-4-6-8-17/h4-12,21H,13-14H2,1-3H3/t21-/m0/s1. The summed E-state index contributed by atoms with van der Waals surface area (Å²) in [5.41, 5.74) is 3.29. The Kier molecular flexibility index (Phi) is 6.02. The summed E-state index contributed by atoms with van der Waals surface area (Å²) in [5, 5.41) is 9.72. The molecule has 0 bridgehead atoms. The first-order valence-corrected chi connectivity index (χ1v) is 10.2. The number of carbonyl (C=O) groups is 2. The number of rotatable bonds is 6. The average Bonchev–Trinajstić information content (AvgIpc) is 3.41. The second-order valence-corrected chi connectivity index (χ2v) is 7.42. The first-order valence-electron chi connectivity index (χ1n) is 10.2. The second-order valence-electron chi connectivity index (χ2n) is 7.42. The summed E-state index contributed by atoms with van der Waals surface area (Å²) in [6, 6.07) is 16.9.